The maximum absolute atomic E-state index is 3.93. The molecule has 24 heavy (non-hydrogen) atoms. The molecule has 3 aromatic rings. The van der Waals surface area contributed by atoms with E-state index in [4.69, 9.17) is 0 Å². The van der Waals surface area contributed by atoms with E-state index in [1.807, 2.05) is 0 Å². The van der Waals surface area contributed by atoms with Crippen molar-refractivity contribution in [3.05, 3.63) is 77.4 Å². The summed E-state index contributed by atoms with van der Waals surface area (Å²) in [7, 11) is 0. The van der Waals surface area contributed by atoms with Gasteiger partial charge in [-0.1, -0.05) is 105 Å². The minimum Gasteiger partial charge on any atom is -0.143 e. The van der Waals surface area contributed by atoms with Gasteiger partial charge in [0.1, 0.15) is 0 Å². The third-order valence-electron chi connectivity index (χ3n) is 5.19. The lowest BCUT2D eigenvalue weighted by Gasteiger charge is -2.30. The molecule has 0 spiro atoms. The smallest absolute Gasteiger partial charge is 0.143 e. The Morgan fingerprint density at radius 2 is 1.08 bits per heavy atom. The number of hydrogen-bond donors (Lipinski definition) is 0. The molecule has 1 aliphatic rings. The molecule has 0 radical (unpaired) electrons. The first-order valence-electron chi connectivity index (χ1n) is 8.47. The minimum absolute atomic E-state index is 0.271. The van der Waals surface area contributed by atoms with E-state index >= 15 is 0 Å². The highest BCUT2D eigenvalue weighted by Gasteiger charge is 2.37. The highest BCUT2D eigenvalue weighted by molar-refractivity contribution is 9.25. The molecule has 0 saturated carbocycles. The summed E-state index contributed by atoms with van der Waals surface area (Å²) in [5.41, 5.74) is 11.5. The van der Waals surface area contributed by atoms with Crippen molar-refractivity contribution >= 4 is 55.3 Å². The van der Waals surface area contributed by atoms with E-state index in [-0.39, 0.29) is 5.54 Å². The van der Waals surface area contributed by atoms with E-state index in [0.29, 0.717) is 6.71 Å². The Balaban J connectivity index is 2.05. The zero-order valence-electron chi connectivity index (χ0n) is 14.3. The van der Waals surface area contributed by atoms with Crippen LogP contribution in [0.5, 0.6) is 0 Å². The Morgan fingerprint density at radius 1 is 0.667 bits per heavy atom. The zero-order valence-corrected chi connectivity index (χ0v) is 15.9. The quantitative estimate of drug-likeness (QED) is 0.573. The molecule has 0 fully saturated rings. The first kappa shape index (κ1) is 15.8. The van der Waals surface area contributed by atoms with Crippen molar-refractivity contribution in [1.82, 2.24) is 0 Å². The van der Waals surface area contributed by atoms with Crippen LogP contribution in [-0.2, 0) is 0 Å². The van der Waals surface area contributed by atoms with Crippen LogP contribution in [0.2, 0.25) is 0 Å². The summed E-state index contributed by atoms with van der Waals surface area (Å²) in [6.07, 6.45) is 0. The number of halogens is 1. The van der Waals surface area contributed by atoms with Crippen LogP contribution < -0.4 is 27.3 Å². The Morgan fingerprint density at radius 3 is 1.54 bits per heavy atom. The lowest BCUT2D eigenvalue weighted by molar-refractivity contribution is 1.35. The summed E-state index contributed by atoms with van der Waals surface area (Å²) in [5, 5.41) is 0. The fraction of sp³-hybridized carbons (Fsp3) is 0.143. The number of fused-ring (bicyclic) bond motifs is 2. The van der Waals surface area contributed by atoms with Crippen molar-refractivity contribution in [2.75, 3.05) is 0 Å². The highest BCUT2D eigenvalue weighted by atomic mass is 79.9. The summed E-state index contributed by atoms with van der Waals surface area (Å²) in [6, 6.07) is 22.4. The maximum Gasteiger partial charge on any atom is 0.286 e. The SMILES string of the molecule is Cc1cc(C)c(B2c3ccccc3B(Br)c3ccccc32)c(C)c1. The third-order valence-corrected chi connectivity index (χ3v) is 6.17. The van der Waals surface area contributed by atoms with Gasteiger partial charge < -0.3 is 0 Å². The molecular formula is C21H19B2Br. The van der Waals surface area contributed by atoms with Crippen LogP contribution in [0.25, 0.3) is 0 Å². The van der Waals surface area contributed by atoms with Crippen LogP contribution in [0.3, 0.4) is 0 Å². The second-order valence-corrected chi connectivity index (χ2v) is 7.78. The Bertz CT molecular complexity index is 862. The fourth-order valence-corrected chi connectivity index (χ4v) is 5.14. The predicted octanol–water partition coefficient (Wildman–Crippen LogP) is 1.94. The van der Waals surface area contributed by atoms with E-state index in [0.717, 1.165) is 0 Å². The third kappa shape index (κ3) is 2.38. The van der Waals surface area contributed by atoms with Gasteiger partial charge >= 0.3 is 0 Å². The normalized spacial score (nSPS) is 12.8. The second-order valence-electron chi connectivity index (χ2n) is 6.87. The molecule has 0 unspecified atom stereocenters. The van der Waals surface area contributed by atoms with E-state index in [1.165, 1.54) is 44.0 Å². The minimum atomic E-state index is 0.271. The average molecular weight is 373 g/mol. The monoisotopic (exact) mass is 372 g/mol. The van der Waals surface area contributed by atoms with Crippen molar-refractivity contribution in [1.29, 1.82) is 0 Å². The van der Waals surface area contributed by atoms with Crippen molar-refractivity contribution in [2.24, 2.45) is 0 Å². The van der Waals surface area contributed by atoms with Gasteiger partial charge in [0.05, 0.1) is 0 Å². The molecule has 0 atom stereocenters. The zero-order chi connectivity index (χ0) is 16.8. The van der Waals surface area contributed by atoms with Crippen molar-refractivity contribution in [3.63, 3.8) is 0 Å². The van der Waals surface area contributed by atoms with Crippen LogP contribution in [-0.4, -0.2) is 12.2 Å². The predicted molar refractivity (Wildman–Crippen MR) is 112 cm³/mol. The van der Waals surface area contributed by atoms with Gasteiger partial charge in [-0.05, 0) is 20.8 Å². The van der Waals surface area contributed by atoms with Gasteiger partial charge in [0.2, 0.25) is 6.71 Å². The Hall–Kier alpha value is -1.73. The largest absolute Gasteiger partial charge is 0.286 e. The van der Waals surface area contributed by atoms with Crippen molar-refractivity contribution in [2.45, 2.75) is 20.8 Å². The van der Waals surface area contributed by atoms with Crippen LogP contribution in [0.1, 0.15) is 16.7 Å². The summed E-state index contributed by atoms with van der Waals surface area (Å²) in [5.74, 6) is 0. The van der Waals surface area contributed by atoms with Gasteiger partial charge in [0.15, 0.2) is 0 Å². The van der Waals surface area contributed by atoms with Crippen LogP contribution >= 0.6 is 15.8 Å². The van der Waals surface area contributed by atoms with Gasteiger partial charge in [-0.2, -0.15) is 0 Å². The van der Waals surface area contributed by atoms with E-state index in [1.54, 1.807) is 0 Å². The standard InChI is InChI=1S/C21H19B2Br/c1-14-12-15(2)21(16(3)13-14)22-17-8-4-6-10-19(17)23(24)20-11-7-5-9-18(20)22/h4-13H,1-3H3. The Labute approximate surface area is 153 Å². The van der Waals surface area contributed by atoms with Crippen molar-refractivity contribution < 1.29 is 0 Å². The van der Waals surface area contributed by atoms with Gasteiger partial charge in [-0.15, -0.1) is 15.8 Å². The summed E-state index contributed by atoms with van der Waals surface area (Å²) >= 11 is 3.93. The summed E-state index contributed by atoms with van der Waals surface area (Å²) in [4.78, 5) is 0. The molecule has 0 aromatic heterocycles. The molecule has 0 saturated heterocycles. The van der Waals surface area contributed by atoms with Crippen LogP contribution in [0.15, 0.2) is 60.7 Å². The molecule has 0 aliphatic carbocycles. The lowest BCUT2D eigenvalue weighted by atomic mass is 9.27. The van der Waals surface area contributed by atoms with Crippen LogP contribution in [0, 0.1) is 20.8 Å². The number of rotatable bonds is 1. The van der Waals surface area contributed by atoms with Gasteiger partial charge in [0, 0.05) is 0 Å². The second kappa shape index (κ2) is 5.97. The number of aryl methyl sites for hydroxylation is 3. The molecule has 1 heterocycles. The van der Waals surface area contributed by atoms with E-state index in [9.17, 15) is 0 Å². The molecule has 4 rings (SSSR count). The molecular weight excluding hydrogens is 354 g/mol. The lowest BCUT2D eigenvalue weighted by Crippen LogP contribution is -2.71. The molecule has 3 heteroatoms. The summed E-state index contributed by atoms with van der Waals surface area (Å²) < 4.78 is 0. The van der Waals surface area contributed by atoms with Gasteiger partial charge in [0.25, 0.3) is 5.54 Å². The highest BCUT2D eigenvalue weighted by Crippen LogP contribution is 2.10. The first-order valence-corrected chi connectivity index (χ1v) is 9.39. The number of benzene rings is 3. The molecule has 3 aromatic carbocycles. The van der Waals surface area contributed by atoms with Crippen molar-refractivity contribution in [3.8, 4) is 0 Å². The van der Waals surface area contributed by atoms with E-state index < -0.39 is 0 Å². The Kier molecular flexibility index (Phi) is 3.92. The van der Waals surface area contributed by atoms with E-state index in [2.05, 4.69) is 97.2 Å². The molecule has 0 bridgehead atoms. The number of hydrogen-bond acceptors (Lipinski definition) is 0. The maximum atomic E-state index is 3.93. The summed E-state index contributed by atoms with van der Waals surface area (Å²) in [6.45, 7) is 7.00. The van der Waals surface area contributed by atoms with Gasteiger partial charge in [-0.25, -0.2) is 0 Å². The average Bonchev–Trinajstić information content (AvgIpc) is 2.57. The van der Waals surface area contributed by atoms with Crippen LogP contribution in [0.4, 0.5) is 0 Å². The van der Waals surface area contributed by atoms with Gasteiger partial charge in [-0.3, -0.25) is 0 Å². The first-order chi connectivity index (χ1) is 11.6. The topological polar surface area (TPSA) is 0 Å². The molecule has 0 amide bonds. The molecule has 0 N–H and O–H groups in total. The molecule has 116 valence electrons. The molecule has 1 aliphatic heterocycles. The molecule has 0 nitrogen and oxygen atoms in total. The fourth-order valence-electron chi connectivity index (χ4n) is 4.30.